The molecular formula is C16H25NO2. The molecule has 1 rings (SSSR count). The SMILES string of the molecule is CCOc1cccc(C(=O)CC(CN)CC(C)C)c1. The van der Waals surface area contributed by atoms with Crippen molar-refractivity contribution in [3.8, 4) is 5.75 Å². The molecule has 3 heteroatoms. The van der Waals surface area contributed by atoms with Crippen molar-refractivity contribution in [1.29, 1.82) is 0 Å². The second kappa shape index (κ2) is 7.95. The second-order valence-corrected chi connectivity index (χ2v) is 5.32. The minimum absolute atomic E-state index is 0.151. The van der Waals surface area contributed by atoms with Gasteiger partial charge in [0.05, 0.1) is 6.61 Å². The van der Waals surface area contributed by atoms with Gasteiger partial charge in [0.1, 0.15) is 5.75 Å². The van der Waals surface area contributed by atoms with Gasteiger partial charge in [-0.15, -0.1) is 0 Å². The number of hydrogen-bond acceptors (Lipinski definition) is 3. The quantitative estimate of drug-likeness (QED) is 0.732. The fourth-order valence-corrected chi connectivity index (χ4v) is 2.24. The van der Waals surface area contributed by atoms with Crippen LogP contribution < -0.4 is 10.5 Å². The Morgan fingerprint density at radius 2 is 2.11 bits per heavy atom. The van der Waals surface area contributed by atoms with Crippen LogP contribution in [0.5, 0.6) is 5.75 Å². The van der Waals surface area contributed by atoms with Crippen LogP contribution in [0.4, 0.5) is 0 Å². The summed E-state index contributed by atoms with van der Waals surface area (Å²) in [7, 11) is 0. The van der Waals surface area contributed by atoms with Crippen molar-refractivity contribution < 1.29 is 9.53 Å². The molecule has 0 bridgehead atoms. The van der Waals surface area contributed by atoms with Gasteiger partial charge in [0.25, 0.3) is 0 Å². The molecule has 2 N–H and O–H groups in total. The van der Waals surface area contributed by atoms with E-state index in [1.165, 1.54) is 0 Å². The summed E-state index contributed by atoms with van der Waals surface area (Å²) in [6.07, 6.45) is 1.51. The van der Waals surface area contributed by atoms with Crippen LogP contribution in [0.25, 0.3) is 0 Å². The average molecular weight is 263 g/mol. The van der Waals surface area contributed by atoms with Crippen LogP contribution in [-0.4, -0.2) is 18.9 Å². The molecule has 1 aromatic rings. The van der Waals surface area contributed by atoms with E-state index in [4.69, 9.17) is 10.5 Å². The van der Waals surface area contributed by atoms with Gasteiger partial charge in [0.15, 0.2) is 5.78 Å². The third kappa shape index (κ3) is 5.43. The Bertz CT molecular complexity index is 401. The summed E-state index contributed by atoms with van der Waals surface area (Å²) >= 11 is 0. The first-order valence-electron chi connectivity index (χ1n) is 7.02. The van der Waals surface area contributed by atoms with Gasteiger partial charge < -0.3 is 10.5 Å². The van der Waals surface area contributed by atoms with E-state index in [0.717, 1.165) is 12.2 Å². The van der Waals surface area contributed by atoms with E-state index in [1.54, 1.807) is 0 Å². The zero-order valence-electron chi connectivity index (χ0n) is 12.2. The lowest BCUT2D eigenvalue weighted by Crippen LogP contribution is -2.20. The Hall–Kier alpha value is -1.35. The van der Waals surface area contributed by atoms with E-state index in [1.807, 2.05) is 31.2 Å². The summed E-state index contributed by atoms with van der Waals surface area (Å²) in [6.45, 7) is 7.42. The fraction of sp³-hybridized carbons (Fsp3) is 0.562. The van der Waals surface area contributed by atoms with E-state index in [0.29, 0.717) is 31.1 Å². The van der Waals surface area contributed by atoms with Gasteiger partial charge in [0, 0.05) is 12.0 Å². The van der Waals surface area contributed by atoms with E-state index < -0.39 is 0 Å². The standard InChI is InChI=1S/C16H25NO2/c1-4-19-15-7-5-6-14(10-15)16(18)9-13(11-17)8-12(2)3/h5-7,10,12-13H,4,8-9,11,17H2,1-3H3. The number of rotatable bonds is 8. The van der Waals surface area contributed by atoms with Crippen molar-refractivity contribution in [3.63, 3.8) is 0 Å². The summed E-state index contributed by atoms with van der Waals surface area (Å²) in [4.78, 5) is 12.2. The maximum Gasteiger partial charge on any atom is 0.163 e. The van der Waals surface area contributed by atoms with Crippen LogP contribution in [0.1, 0.15) is 44.0 Å². The molecule has 1 unspecified atom stereocenters. The fourth-order valence-electron chi connectivity index (χ4n) is 2.24. The zero-order valence-corrected chi connectivity index (χ0v) is 12.2. The maximum absolute atomic E-state index is 12.2. The van der Waals surface area contributed by atoms with E-state index >= 15 is 0 Å². The highest BCUT2D eigenvalue weighted by molar-refractivity contribution is 5.96. The highest BCUT2D eigenvalue weighted by Gasteiger charge is 2.15. The third-order valence-corrected chi connectivity index (χ3v) is 3.08. The molecule has 106 valence electrons. The number of nitrogens with two attached hydrogens (primary N) is 1. The zero-order chi connectivity index (χ0) is 14.3. The number of carbonyl (C=O) groups excluding carboxylic acids is 1. The smallest absolute Gasteiger partial charge is 0.163 e. The molecule has 0 aliphatic heterocycles. The largest absolute Gasteiger partial charge is 0.494 e. The molecule has 0 heterocycles. The molecule has 0 spiro atoms. The Balaban J connectivity index is 2.68. The summed E-state index contributed by atoms with van der Waals surface area (Å²) in [5, 5.41) is 0. The monoisotopic (exact) mass is 263 g/mol. The predicted octanol–water partition coefficient (Wildman–Crippen LogP) is 3.28. The maximum atomic E-state index is 12.2. The van der Waals surface area contributed by atoms with Crippen LogP contribution in [0, 0.1) is 11.8 Å². The molecule has 0 aromatic heterocycles. The normalized spacial score (nSPS) is 12.5. The Morgan fingerprint density at radius 1 is 1.37 bits per heavy atom. The minimum Gasteiger partial charge on any atom is -0.494 e. The van der Waals surface area contributed by atoms with Crippen LogP contribution in [0.3, 0.4) is 0 Å². The molecule has 0 aliphatic carbocycles. The van der Waals surface area contributed by atoms with Gasteiger partial charge in [0.2, 0.25) is 0 Å². The molecule has 0 fully saturated rings. The minimum atomic E-state index is 0.151. The van der Waals surface area contributed by atoms with Crippen molar-refractivity contribution in [3.05, 3.63) is 29.8 Å². The molecule has 0 radical (unpaired) electrons. The molecule has 1 aromatic carbocycles. The Morgan fingerprint density at radius 3 is 2.68 bits per heavy atom. The third-order valence-electron chi connectivity index (χ3n) is 3.08. The molecule has 3 nitrogen and oxygen atoms in total. The topological polar surface area (TPSA) is 52.3 Å². The van der Waals surface area contributed by atoms with Crippen molar-refractivity contribution in [2.75, 3.05) is 13.2 Å². The highest BCUT2D eigenvalue weighted by Crippen LogP contribution is 2.19. The van der Waals surface area contributed by atoms with Crippen LogP contribution in [0.2, 0.25) is 0 Å². The second-order valence-electron chi connectivity index (χ2n) is 5.32. The van der Waals surface area contributed by atoms with Gasteiger partial charge >= 0.3 is 0 Å². The summed E-state index contributed by atoms with van der Waals surface area (Å²) < 4.78 is 5.42. The molecule has 0 aliphatic rings. The first-order chi connectivity index (χ1) is 9.06. The molecule has 0 amide bonds. The van der Waals surface area contributed by atoms with Gasteiger partial charge in [-0.25, -0.2) is 0 Å². The lowest BCUT2D eigenvalue weighted by atomic mass is 9.91. The molecule has 19 heavy (non-hydrogen) atoms. The van der Waals surface area contributed by atoms with Crippen molar-refractivity contribution >= 4 is 5.78 Å². The number of ketones is 1. The van der Waals surface area contributed by atoms with Gasteiger partial charge in [-0.05, 0) is 43.9 Å². The lowest BCUT2D eigenvalue weighted by Gasteiger charge is -2.16. The van der Waals surface area contributed by atoms with Gasteiger partial charge in [-0.2, -0.15) is 0 Å². The number of carbonyl (C=O) groups is 1. The van der Waals surface area contributed by atoms with E-state index in [2.05, 4.69) is 13.8 Å². The Kier molecular flexibility index (Phi) is 6.57. The predicted molar refractivity (Wildman–Crippen MR) is 78.6 cm³/mol. The van der Waals surface area contributed by atoms with Crippen LogP contribution >= 0.6 is 0 Å². The van der Waals surface area contributed by atoms with Crippen molar-refractivity contribution in [2.24, 2.45) is 17.6 Å². The van der Waals surface area contributed by atoms with Gasteiger partial charge in [-0.1, -0.05) is 26.0 Å². The number of benzene rings is 1. The molecular weight excluding hydrogens is 238 g/mol. The highest BCUT2D eigenvalue weighted by atomic mass is 16.5. The van der Waals surface area contributed by atoms with Crippen LogP contribution in [0.15, 0.2) is 24.3 Å². The summed E-state index contributed by atoms with van der Waals surface area (Å²) in [5.74, 6) is 1.73. The number of Topliss-reactive ketones (excluding diaryl/α,β-unsaturated/α-hetero) is 1. The van der Waals surface area contributed by atoms with Crippen molar-refractivity contribution in [1.82, 2.24) is 0 Å². The van der Waals surface area contributed by atoms with E-state index in [9.17, 15) is 4.79 Å². The number of ether oxygens (including phenoxy) is 1. The van der Waals surface area contributed by atoms with Gasteiger partial charge in [-0.3, -0.25) is 4.79 Å². The molecule has 0 saturated carbocycles. The van der Waals surface area contributed by atoms with Crippen molar-refractivity contribution in [2.45, 2.75) is 33.6 Å². The van der Waals surface area contributed by atoms with E-state index in [-0.39, 0.29) is 11.7 Å². The molecule has 0 saturated heterocycles. The molecule has 1 atom stereocenters. The average Bonchev–Trinajstić information content (AvgIpc) is 2.38. The summed E-state index contributed by atoms with van der Waals surface area (Å²) in [6, 6.07) is 7.38. The summed E-state index contributed by atoms with van der Waals surface area (Å²) in [5.41, 5.74) is 6.46. The first kappa shape index (κ1) is 15.7. The van der Waals surface area contributed by atoms with Crippen LogP contribution in [-0.2, 0) is 0 Å². The lowest BCUT2D eigenvalue weighted by molar-refractivity contribution is 0.0957. The Labute approximate surface area is 116 Å². The number of hydrogen-bond donors (Lipinski definition) is 1. The first-order valence-corrected chi connectivity index (χ1v) is 7.02.